The molecule has 1 rings (SSSR count). The molecule has 0 fully saturated rings. The van der Waals surface area contributed by atoms with Gasteiger partial charge in [-0.3, -0.25) is 14.5 Å². The molecule has 0 spiro atoms. The molecule has 0 bridgehead atoms. The Morgan fingerprint density at radius 2 is 1.92 bits per heavy atom. The summed E-state index contributed by atoms with van der Waals surface area (Å²) >= 11 is 0. The molecule has 12 heavy (non-hydrogen) atoms. The normalized spacial score (nSPS) is 19.0. The van der Waals surface area contributed by atoms with Crippen LogP contribution in [0.15, 0.2) is 12.2 Å². The van der Waals surface area contributed by atoms with Crippen LogP contribution >= 0.6 is 0 Å². The third-order valence-corrected chi connectivity index (χ3v) is 1.89. The minimum Gasteiger partial charge on any atom is -0.394 e. The van der Waals surface area contributed by atoms with Crippen LogP contribution in [-0.2, 0) is 9.59 Å². The number of carbonyl (C=O) groups excluding carboxylic acids is 2. The maximum Gasteiger partial charge on any atom is 0.253 e. The fourth-order valence-electron chi connectivity index (χ4n) is 1.16. The fourth-order valence-corrected chi connectivity index (χ4v) is 1.16. The van der Waals surface area contributed by atoms with Crippen LogP contribution in [0.25, 0.3) is 0 Å². The molecule has 0 saturated heterocycles. The Labute approximate surface area is 70.5 Å². The van der Waals surface area contributed by atoms with Crippen LogP contribution < -0.4 is 0 Å². The van der Waals surface area contributed by atoms with Gasteiger partial charge in [0.1, 0.15) is 0 Å². The Balaban J connectivity index is 2.74. The molecule has 4 heteroatoms. The zero-order chi connectivity index (χ0) is 9.14. The first-order valence-electron chi connectivity index (χ1n) is 3.86. The number of rotatable bonds is 3. The summed E-state index contributed by atoms with van der Waals surface area (Å²) in [6.07, 6.45) is 3.02. The third-order valence-electron chi connectivity index (χ3n) is 1.89. The minimum atomic E-state index is -0.375. The van der Waals surface area contributed by atoms with Crippen LogP contribution in [0.3, 0.4) is 0 Å². The number of hydrogen-bond donors (Lipinski definition) is 1. The van der Waals surface area contributed by atoms with Crippen molar-refractivity contribution in [2.45, 2.75) is 19.4 Å². The van der Waals surface area contributed by atoms with Gasteiger partial charge in [-0.25, -0.2) is 0 Å². The number of aliphatic hydroxyl groups excluding tert-OH is 1. The van der Waals surface area contributed by atoms with E-state index in [4.69, 9.17) is 5.11 Å². The van der Waals surface area contributed by atoms with Crippen molar-refractivity contribution in [1.29, 1.82) is 0 Å². The molecule has 1 aliphatic heterocycles. The zero-order valence-corrected chi connectivity index (χ0v) is 6.86. The van der Waals surface area contributed by atoms with Crippen molar-refractivity contribution in [3.05, 3.63) is 12.2 Å². The average molecular weight is 169 g/mol. The Morgan fingerprint density at radius 1 is 1.42 bits per heavy atom. The Hall–Kier alpha value is -1.16. The van der Waals surface area contributed by atoms with Gasteiger partial charge in [-0.15, -0.1) is 0 Å². The SMILES string of the molecule is CC[C@H](CO)N1C(=O)C=CC1=O. The molecule has 4 nitrogen and oxygen atoms in total. The van der Waals surface area contributed by atoms with E-state index in [0.29, 0.717) is 6.42 Å². The number of amides is 2. The van der Waals surface area contributed by atoms with Crippen molar-refractivity contribution in [3.8, 4) is 0 Å². The zero-order valence-electron chi connectivity index (χ0n) is 6.86. The number of nitrogens with zero attached hydrogens (tertiary/aromatic N) is 1. The van der Waals surface area contributed by atoms with Crippen molar-refractivity contribution in [2.75, 3.05) is 6.61 Å². The topological polar surface area (TPSA) is 57.6 Å². The van der Waals surface area contributed by atoms with E-state index in [-0.39, 0.29) is 24.5 Å². The van der Waals surface area contributed by atoms with Crippen LogP contribution in [0.5, 0.6) is 0 Å². The fraction of sp³-hybridized carbons (Fsp3) is 0.500. The Kier molecular flexibility index (Phi) is 2.60. The van der Waals surface area contributed by atoms with E-state index >= 15 is 0 Å². The van der Waals surface area contributed by atoms with E-state index in [0.717, 1.165) is 4.90 Å². The second-order valence-electron chi connectivity index (χ2n) is 2.62. The number of aliphatic hydroxyl groups is 1. The van der Waals surface area contributed by atoms with Gasteiger partial charge in [-0.1, -0.05) is 6.92 Å². The number of carbonyl (C=O) groups is 2. The van der Waals surface area contributed by atoms with E-state index < -0.39 is 0 Å². The molecule has 0 saturated carbocycles. The lowest BCUT2D eigenvalue weighted by molar-refractivity contribution is -0.140. The lowest BCUT2D eigenvalue weighted by Crippen LogP contribution is -2.41. The highest BCUT2D eigenvalue weighted by Gasteiger charge is 2.29. The third kappa shape index (κ3) is 1.38. The smallest absolute Gasteiger partial charge is 0.253 e. The predicted molar refractivity (Wildman–Crippen MR) is 42.2 cm³/mol. The highest BCUT2D eigenvalue weighted by molar-refractivity contribution is 6.13. The monoisotopic (exact) mass is 169 g/mol. The molecule has 2 amide bonds. The van der Waals surface area contributed by atoms with Gasteiger partial charge in [-0.2, -0.15) is 0 Å². The lowest BCUT2D eigenvalue weighted by Gasteiger charge is -2.22. The lowest BCUT2D eigenvalue weighted by atomic mass is 10.2. The molecular formula is C8H11NO3. The molecule has 1 aliphatic rings. The van der Waals surface area contributed by atoms with Gasteiger partial charge in [-0.05, 0) is 6.42 Å². The molecule has 0 aromatic heterocycles. The minimum absolute atomic E-state index is 0.171. The van der Waals surface area contributed by atoms with Crippen molar-refractivity contribution < 1.29 is 14.7 Å². The second-order valence-corrected chi connectivity index (χ2v) is 2.62. The summed E-state index contributed by atoms with van der Waals surface area (Å²) in [6, 6.07) is -0.375. The largest absolute Gasteiger partial charge is 0.394 e. The highest BCUT2D eigenvalue weighted by Crippen LogP contribution is 2.10. The number of hydrogen-bond acceptors (Lipinski definition) is 3. The average Bonchev–Trinajstić information content (AvgIpc) is 2.38. The molecule has 0 unspecified atom stereocenters. The Bertz CT molecular complexity index is 212. The summed E-state index contributed by atoms with van der Waals surface area (Å²) in [5.41, 5.74) is 0. The van der Waals surface area contributed by atoms with Crippen molar-refractivity contribution in [2.24, 2.45) is 0 Å². The first-order chi connectivity index (χ1) is 5.70. The van der Waals surface area contributed by atoms with Crippen LogP contribution in [0.2, 0.25) is 0 Å². The van der Waals surface area contributed by atoms with E-state index in [1.54, 1.807) is 0 Å². The van der Waals surface area contributed by atoms with Crippen LogP contribution in [0, 0.1) is 0 Å². The quantitative estimate of drug-likeness (QED) is 0.589. The van der Waals surface area contributed by atoms with E-state index in [1.165, 1.54) is 12.2 Å². The summed E-state index contributed by atoms with van der Waals surface area (Å²) in [4.78, 5) is 23.2. The van der Waals surface area contributed by atoms with Crippen LogP contribution in [0.1, 0.15) is 13.3 Å². The first kappa shape index (κ1) is 8.93. The van der Waals surface area contributed by atoms with Crippen molar-refractivity contribution >= 4 is 11.8 Å². The predicted octanol–water partition coefficient (Wildman–Crippen LogP) is -0.318. The van der Waals surface area contributed by atoms with E-state index in [2.05, 4.69) is 0 Å². The Morgan fingerprint density at radius 3 is 2.25 bits per heavy atom. The maximum atomic E-state index is 11.1. The standard InChI is InChI=1S/C8H11NO3/c1-2-6(5-10)9-7(11)3-4-8(9)12/h3-4,6,10H,2,5H2,1H3/t6-/m1/s1. The molecule has 0 aromatic carbocycles. The first-order valence-corrected chi connectivity index (χ1v) is 3.86. The van der Waals surface area contributed by atoms with Crippen molar-refractivity contribution in [1.82, 2.24) is 4.90 Å². The summed E-state index contributed by atoms with van der Waals surface area (Å²) in [5.74, 6) is -0.665. The van der Waals surface area contributed by atoms with Gasteiger partial charge < -0.3 is 5.11 Å². The molecule has 1 heterocycles. The highest BCUT2D eigenvalue weighted by atomic mass is 16.3. The van der Waals surface area contributed by atoms with Gasteiger partial charge >= 0.3 is 0 Å². The molecule has 1 atom stereocenters. The summed E-state index contributed by atoms with van der Waals surface area (Å²) in [7, 11) is 0. The van der Waals surface area contributed by atoms with Gasteiger partial charge in [0.25, 0.3) is 11.8 Å². The second kappa shape index (κ2) is 3.49. The van der Waals surface area contributed by atoms with Crippen LogP contribution in [-0.4, -0.2) is 34.5 Å². The van der Waals surface area contributed by atoms with Gasteiger partial charge in [0.15, 0.2) is 0 Å². The van der Waals surface area contributed by atoms with Gasteiger partial charge in [0.2, 0.25) is 0 Å². The summed E-state index contributed by atoms with van der Waals surface area (Å²) < 4.78 is 0. The molecule has 0 aliphatic carbocycles. The summed E-state index contributed by atoms with van der Waals surface area (Å²) in [5, 5.41) is 8.85. The number of imide groups is 1. The van der Waals surface area contributed by atoms with Crippen molar-refractivity contribution in [3.63, 3.8) is 0 Å². The molecule has 0 radical (unpaired) electrons. The molecule has 0 aromatic rings. The van der Waals surface area contributed by atoms with Crippen LogP contribution in [0.4, 0.5) is 0 Å². The summed E-state index contributed by atoms with van der Waals surface area (Å²) in [6.45, 7) is 1.65. The van der Waals surface area contributed by atoms with Gasteiger partial charge in [0, 0.05) is 12.2 Å². The van der Waals surface area contributed by atoms with Gasteiger partial charge in [0.05, 0.1) is 12.6 Å². The molecular weight excluding hydrogens is 158 g/mol. The van der Waals surface area contributed by atoms with E-state index in [9.17, 15) is 9.59 Å². The molecule has 66 valence electrons. The maximum absolute atomic E-state index is 11.1. The van der Waals surface area contributed by atoms with E-state index in [1.807, 2.05) is 6.92 Å². The molecule has 1 N–H and O–H groups in total.